The van der Waals surface area contributed by atoms with Crippen LogP contribution >= 0.6 is 0 Å². The largest absolute Gasteiger partial charge is 0.497 e. The van der Waals surface area contributed by atoms with Gasteiger partial charge in [0.25, 0.3) is 5.79 Å². The summed E-state index contributed by atoms with van der Waals surface area (Å²) in [6.07, 6.45) is -0.0639. The minimum absolute atomic E-state index is 0.0546. The van der Waals surface area contributed by atoms with E-state index >= 15 is 0 Å². The van der Waals surface area contributed by atoms with Crippen molar-refractivity contribution in [3.63, 3.8) is 0 Å². The topological polar surface area (TPSA) is 112 Å². The number of cyclic esters (lactones) is 1. The van der Waals surface area contributed by atoms with Gasteiger partial charge < -0.3 is 29.2 Å². The van der Waals surface area contributed by atoms with Crippen LogP contribution in [0.5, 0.6) is 17.2 Å². The third kappa shape index (κ3) is 4.43. The first-order valence-electron chi connectivity index (χ1n) is 10.7. The molecule has 0 aliphatic carbocycles. The van der Waals surface area contributed by atoms with Crippen LogP contribution < -0.4 is 14.2 Å². The lowest BCUT2D eigenvalue weighted by Crippen LogP contribution is -2.30. The summed E-state index contributed by atoms with van der Waals surface area (Å²) in [7, 11) is 4.48. The van der Waals surface area contributed by atoms with E-state index in [9.17, 15) is 19.8 Å². The highest BCUT2D eigenvalue weighted by Gasteiger charge is 2.48. The maximum absolute atomic E-state index is 13.2. The molecule has 35 heavy (non-hydrogen) atoms. The SMILES string of the molecule is COc1ccc(C2(O)OC(=O)C(c3cc(OC)cc(OC)c3)=C2Cc2ccccc2C(=O)O)cc1. The summed E-state index contributed by atoms with van der Waals surface area (Å²) in [6, 6.07) is 17.8. The Labute approximate surface area is 202 Å². The predicted molar refractivity (Wildman–Crippen MR) is 127 cm³/mol. The fourth-order valence-electron chi connectivity index (χ4n) is 4.12. The molecule has 1 unspecified atom stereocenters. The van der Waals surface area contributed by atoms with Crippen LogP contribution in [0.4, 0.5) is 0 Å². The van der Waals surface area contributed by atoms with E-state index in [1.807, 2.05) is 0 Å². The van der Waals surface area contributed by atoms with Crippen molar-refractivity contribution in [3.8, 4) is 17.2 Å². The third-order valence-corrected chi connectivity index (χ3v) is 5.89. The van der Waals surface area contributed by atoms with Crippen molar-refractivity contribution in [2.45, 2.75) is 12.2 Å². The molecule has 1 heterocycles. The first-order chi connectivity index (χ1) is 16.8. The van der Waals surface area contributed by atoms with E-state index < -0.39 is 17.7 Å². The van der Waals surface area contributed by atoms with E-state index in [-0.39, 0.29) is 23.1 Å². The van der Waals surface area contributed by atoms with E-state index in [2.05, 4.69) is 0 Å². The van der Waals surface area contributed by atoms with Crippen molar-refractivity contribution in [2.24, 2.45) is 0 Å². The van der Waals surface area contributed by atoms with Gasteiger partial charge in [-0.2, -0.15) is 0 Å². The molecule has 0 amide bonds. The molecule has 1 atom stereocenters. The summed E-state index contributed by atoms with van der Waals surface area (Å²) >= 11 is 0. The number of carboxylic acid groups (broad SMARTS) is 1. The van der Waals surface area contributed by atoms with Crippen molar-refractivity contribution in [3.05, 3.63) is 94.6 Å². The number of carbonyl (C=O) groups excluding carboxylic acids is 1. The highest BCUT2D eigenvalue weighted by atomic mass is 16.7. The number of benzene rings is 3. The molecule has 3 aromatic carbocycles. The summed E-state index contributed by atoms with van der Waals surface area (Å²) in [6.45, 7) is 0. The Morgan fingerprint density at radius 1 is 0.886 bits per heavy atom. The Morgan fingerprint density at radius 2 is 1.49 bits per heavy atom. The highest BCUT2D eigenvalue weighted by molar-refractivity contribution is 6.20. The van der Waals surface area contributed by atoms with Gasteiger partial charge in [-0.3, -0.25) is 0 Å². The predicted octanol–water partition coefficient (Wildman–Crippen LogP) is 3.81. The second kappa shape index (κ2) is 9.52. The molecule has 0 spiro atoms. The molecule has 180 valence electrons. The lowest BCUT2D eigenvalue weighted by Gasteiger charge is -2.26. The minimum atomic E-state index is -2.14. The number of methoxy groups -OCH3 is 3. The van der Waals surface area contributed by atoms with Gasteiger partial charge >= 0.3 is 11.9 Å². The summed E-state index contributed by atoms with van der Waals surface area (Å²) < 4.78 is 21.5. The average molecular weight is 476 g/mol. The van der Waals surface area contributed by atoms with Crippen molar-refractivity contribution < 1.29 is 38.7 Å². The molecule has 4 rings (SSSR count). The molecule has 1 aliphatic rings. The number of aliphatic hydroxyl groups is 1. The second-order valence-electron chi connectivity index (χ2n) is 7.86. The Balaban J connectivity index is 1.96. The number of rotatable bonds is 8. The van der Waals surface area contributed by atoms with Gasteiger partial charge in [-0.1, -0.05) is 18.2 Å². The Hall–Kier alpha value is -4.30. The number of ether oxygens (including phenoxy) is 4. The van der Waals surface area contributed by atoms with Crippen LogP contribution in [-0.4, -0.2) is 43.5 Å². The number of carboxylic acids is 1. The smallest absolute Gasteiger partial charge is 0.342 e. The molecule has 1 aliphatic heterocycles. The van der Waals surface area contributed by atoms with Gasteiger partial charge in [0.1, 0.15) is 17.2 Å². The summed E-state index contributed by atoms with van der Waals surface area (Å²) in [4.78, 5) is 25.1. The molecule has 0 bridgehead atoms. The molecule has 0 fully saturated rings. The first kappa shape index (κ1) is 23.8. The number of aromatic carboxylic acids is 1. The zero-order chi connectivity index (χ0) is 25.2. The monoisotopic (exact) mass is 476 g/mol. The van der Waals surface area contributed by atoms with E-state index in [1.165, 1.54) is 27.4 Å². The summed E-state index contributed by atoms with van der Waals surface area (Å²) in [5.74, 6) is -2.60. The maximum atomic E-state index is 13.2. The lowest BCUT2D eigenvalue weighted by atomic mass is 9.87. The number of carbonyl (C=O) groups is 2. The van der Waals surface area contributed by atoms with Crippen LogP contribution in [0, 0.1) is 0 Å². The quantitative estimate of drug-likeness (QED) is 0.472. The third-order valence-electron chi connectivity index (χ3n) is 5.89. The zero-order valence-corrected chi connectivity index (χ0v) is 19.4. The molecule has 8 heteroatoms. The van der Waals surface area contributed by atoms with Crippen LogP contribution in [-0.2, 0) is 21.7 Å². The van der Waals surface area contributed by atoms with Gasteiger partial charge in [0.05, 0.1) is 32.5 Å². The van der Waals surface area contributed by atoms with Gasteiger partial charge in [-0.15, -0.1) is 0 Å². The molecular formula is C27H24O8. The fraction of sp³-hybridized carbons (Fsp3) is 0.185. The first-order valence-corrected chi connectivity index (χ1v) is 10.7. The fourth-order valence-corrected chi connectivity index (χ4v) is 4.12. The normalized spacial score (nSPS) is 17.2. The van der Waals surface area contributed by atoms with Gasteiger partial charge in [0.2, 0.25) is 0 Å². The van der Waals surface area contributed by atoms with Crippen molar-refractivity contribution >= 4 is 17.5 Å². The number of esters is 1. The van der Waals surface area contributed by atoms with Gasteiger partial charge in [0.15, 0.2) is 0 Å². The molecule has 0 radical (unpaired) electrons. The molecule has 3 aromatic rings. The summed E-state index contributed by atoms with van der Waals surface area (Å²) in [5.41, 5.74) is 1.45. The van der Waals surface area contributed by atoms with Crippen molar-refractivity contribution in [1.29, 1.82) is 0 Å². The van der Waals surface area contributed by atoms with E-state index in [0.717, 1.165) is 0 Å². The van der Waals surface area contributed by atoms with Gasteiger partial charge in [-0.25, -0.2) is 9.59 Å². The Morgan fingerprint density at radius 3 is 2.06 bits per heavy atom. The second-order valence-corrected chi connectivity index (χ2v) is 7.86. The highest BCUT2D eigenvalue weighted by Crippen LogP contribution is 2.46. The molecule has 0 saturated carbocycles. The number of hydrogen-bond acceptors (Lipinski definition) is 7. The van der Waals surface area contributed by atoms with Crippen molar-refractivity contribution in [1.82, 2.24) is 0 Å². The molecular weight excluding hydrogens is 452 g/mol. The minimum Gasteiger partial charge on any atom is -0.497 e. The van der Waals surface area contributed by atoms with E-state index in [0.29, 0.717) is 33.9 Å². The van der Waals surface area contributed by atoms with Crippen LogP contribution in [0.1, 0.15) is 27.0 Å². The standard InChI is InChI=1S/C27H24O8/c1-32-19-10-8-18(9-11-19)27(31)23(14-16-6-4-5-7-22(16)25(28)29)24(26(30)35-27)17-12-20(33-2)15-21(13-17)34-3/h4-13,15,31H,14H2,1-3H3,(H,28,29). The number of hydrogen-bond donors (Lipinski definition) is 2. The lowest BCUT2D eigenvalue weighted by molar-refractivity contribution is -0.185. The average Bonchev–Trinajstić information content (AvgIpc) is 3.13. The molecule has 0 aromatic heterocycles. The van der Waals surface area contributed by atoms with Crippen LogP contribution in [0.2, 0.25) is 0 Å². The van der Waals surface area contributed by atoms with Crippen LogP contribution in [0.3, 0.4) is 0 Å². The maximum Gasteiger partial charge on any atom is 0.342 e. The molecule has 2 N–H and O–H groups in total. The Kier molecular flexibility index (Phi) is 6.48. The molecule has 0 saturated heterocycles. The Bertz CT molecular complexity index is 1290. The van der Waals surface area contributed by atoms with Gasteiger partial charge in [0, 0.05) is 23.6 Å². The van der Waals surface area contributed by atoms with E-state index in [4.69, 9.17) is 18.9 Å². The molecule has 8 nitrogen and oxygen atoms in total. The van der Waals surface area contributed by atoms with Crippen LogP contribution in [0.15, 0.2) is 72.3 Å². The zero-order valence-electron chi connectivity index (χ0n) is 19.4. The van der Waals surface area contributed by atoms with E-state index in [1.54, 1.807) is 60.7 Å². The van der Waals surface area contributed by atoms with Crippen LogP contribution in [0.25, 0.3) is 5.57 Å². The summed E-state index contributed by atoms with van der Waals surface area (Å²) in [5, 5.41) is 21.5. The van der Waals surface area contributed by atoms with Crippen molar-refractivity contribution in [2.75, 3.05) is 21.3 Å². The van der Waals surface area contributed by atoms with Gasteiger partial charge in [-0.05, 0) is 53.6 Å².